The molecule has 0 saturated heterocycles. The summed E-state index contributed by atoms with van der Waals surface area (Å²) in [5.41, 5.74) is 1.33. The van der Waals surface area contributed by atoms with Crippen molar-refractivity contribution in [2.24, 2.45) is 0 Å². The summed E-state index contributed by atoms with van der Waals surface area (Å²) in [6.45, 7) is 2.22. The highest BCUT2D eigenvalue weighted by Crippen LogP contribution is 2.03. The fourth-order valence-electron chi connectivity index (χ4n) is 1.08. The molecule has 0 aliphatic rings. The molecule has 0 unspecified atom stereocenters. The van der Waals surface area contributed by atoms with Crippen molar-refractivity contribution in [3.8, 4) is 0 Å². The smallest absolute Gasteiger partial charge is 0.0886 e. The molecule has 1 rings (SSSR count). The second kappa shape index (κ2) is 4.89. The van der Waals surface area contributed by atoms with Gasteiger partial charge in [0.2, 0.25) is 0 Å². The topological polar surface area (TPSA) is 12.9 Å². The Labute approximate surface area is 68.5 Å². The van der Waals surface area contributed by atoms with Crippen LogP contribution >= 0.6 is 0 Å². The van der Waals surface area contributed by atoms with Gasteiger partial charge in [0, 0.05) is 6.20 Å². The monoisotopic (exact) mass is 148 g/mol. The summed E-state index contributed by atoms with van der Waals surface area (Å²) in [5.74, 6) is 0. The fourth-order valence-corrected chi connectivity index (χ4v) is 1.08. The van der Waals surface area contributed by atoms with Gasteiger partial charge in [0.1, 0.15) is 0 Å². The van der Waals surface area contributed by atoms with Gasteiger partial charge in [-0.3, -0.25) is 4.98 Å². The van der Waals surface area contributed by atoms with Gasteiger partial charge in [-0.15, -0.1) is 0 Å². The zero-order valence-electron chi connectivity index (χ0n) is 7.01. The molecule has 1 aromatic heterocycles. The highest BCUT2D eigenvalue weighted by atomic mass is 14.6. The molecule has 1 heteroatoms. The predicted octanol–water partition coefficient (Wildman–Crippen LogP) is 2.61. The standard InChI is InChI=1S/C10H14N/c1-2-3-4-6-10-7-5-8-11-9-10/h5,7,9H,2-4,6H2,1H3. The molecule has 0 saturated carbocycles. The molecule has 0 atom stereocenters. The Bertz CT molecular complexity index is 181. The lowest BCUT2D eigenvalue weighted by Gasteiger charge is -1.97. The maximum absolute atomic E-state index is 3.94. The number of pyridine rings is 1. The number of hydrogen-bond donors (Lipinski definition) is 0. The van der Waals surface area contributed by atoms with E-state index in [1.807, 2.05) is 12.3 Å². The van der Waals surface area contributed by atoms with Gasteiger partial charge in [0.25, 0.3) is 0 Å². The average molecular weight is 148 g/mol. The van der Waals surface area contributed by atoms with Gasteiger partial charge in [-0.1, -0.05) is 25.8 Å². The van der Waals surface area contributed by atoms with Crippen LogP contribution in [0.3, 0.4) is 0 Å². The molecule has 0 aromatic carbocycles. The van der Waals surface area contributed by atoms with Crippen molar-refractivity contribution in [1.29, 1.82) is 0 Å². The summed E-state index contributed by atoms with van der Waals surface area (Å²) in [5, 5.41) is 0. The zero-order chi connectivity index (χ0) is 7.94. The third-order valence-electron chi connectivity index (χ3n) is 1.75. The van der Waals surface area contributed by atoms with Gasteiger partial charge in [-0.25, -0.2) is 0 Å². The van der Waals surface area contributed by atoms with E-state index in [4.69, 9.17) is 0 Å². The molecule has 0 spiro atoms. The molecule has 1 nitrogen and oxygen atoms in total. The van der Waals surface area contributed by atoms with Crippen molar-refractivity contribution in [2.75, 3.05) is 0 Å². The first kappa shape index (κ1) is 8.25. The third kappa shape index (κ3) is 3.17. The molecular weight excluding hydrogens is 134 g/mol. The zero-order valence-corrected chi connectivity index (χ0v) is 7.01. The number of rotatable bonds is 4. The first-order chi connectivity index (χ1) is 5.43. The highest BCUT2D eigenvalue weighted by Gasteiger charge is 1.90. The Morgan fingerprint density at radius 1 is 1.45 bits per heavy atom. The Balaban J connectivity index is 2.28. The summed E-state index contributed by atoms with van der Waals surface area (Å²) >= 11 is 0. The predicted molar refractivity (Wildman–Crippen MR) is 46.3 cm³/mol. The van der Waals surface area contributed by atoms with Gasteiger partial charge in [0.15, 0.2) is 0 Å². The summed E-state index contributed by atoms with van der Waals surface area (Å²) in [4.78, 5) is 3.94. The molecule has 1 radical (unpaired) electrons. The van der Waals surface area contributed by atoms with Crippen LogP contribution in [0, 0.1) is 6.20 Å². The Hall–Kier alpha value is -0.850. The molecular formula is C10H14N. The molecule has 0 bridgehead atoms. The van der Waals surface area contributed by atoms with E-state index in [9.17, 15) is 0 Å². The van der Waals surface area contributed by atoms with E-state index >= 15 is 0 Å². The van der Waals surface area contributed by atoms with Crippen LogP contribution in [0.2, 0.25) is 0 Å². The molecule has 0 aliphatic heterocycles. The van der Waals surface area contributed by atoms with Gasteiger partial charge >= 0.3 is 0 Å². The number of unbranched alkanes of at least 4 members (excludes halogenated alkanes) is 2. The van der Waals surface area contributed by atoms with Crippen molar-refractivity contribution < 1.29 is 0 Å². The van der Waals surface area contributed by atoms with Gasteiger partial charge < -0.3 is 0 Å². The van der Waals surface area contributed by atoms with E-state index < -0.39 is 0 Å². The van der Waals surface area contributed by atoms with E-state index in [1.54, 1.807) is 0 Å². The quantitative estimate of drug-likeness (QED) is 0.598. The molecule has 0 aliphatic carbocycles. The van der Waals surface area contributed by atoms with Crippen molar-refractivity contribution in [3.63, 3.8) is 0 Å². The molecule has 59 valence electrons. The van der Waals surface area contributed by atoms with E-state index in [2.05, 4.69) is 24.2 Å². The van der Waals surface area contributed by atoms with Crippen LogP contribution in [0.1, 0.15) is 31.7 Å². The number of hydrogen-bond acceptors (Lipinski definition) is 1. The second-order valence-electron chi connectivity index (χ2n) is 2.75. The lowest BCUT2D eigenvalue weighted by atomic mass is 10.1. The Kier molecular flexibility index (Phi) is 3.67. The van der Waals surface area contributed by atoms with Crippen molar-refractivity contribution in [2.45, 2.75) is 32.6 Å². The Morgan fingerprint density at radius 2 is 2.36 bits per heavy atom. The highest BCUT2D eigenvalue weighted by molar-refractivity contribution is 5.07. The van der Waals surface area contributed by atoms with Crippen molar-refractivity contribution in [1.82, 2.24) is 4.98 Å². The lowest BCUT2D eigenvalue weighted by molar-refractivity contribution is 0.716. The minimum atomic E-state index is 1.16. The van der Waals surface area contributed by atoms with Crippen molar-refractivity contribution in [3.05, 3.63) is 30.1 Å². The molecule has 11 heavy (non-hydrogen) atoms. The minimum Gasteiger partial charge on any atom is -0.254 e. The summed E-state index contributed by atoms with van der Waals surface area (Å²) in [6.07, 6.45) is 9.72. The third-order valence-corrected chi connectivity index (χ3v) is 1.75. The second-order valence-corrected chi connectivity index (χ2v) is 2.75. The molecule has 0 fully saturated rings. The van der Waals surface area contributed by atoms with Crippen molar-refractivity contribution >= 4 is 0 Å². The summed E-state index contributed by atoms with van der Waals surface area (Å²) in [7, 11) is 0. The van der Waals surface area contributed by atoms with Crippen LogP contribution in [0.25, 0.3) is 0 Å². The van der Waals surface area contributed by atoms with Gasteiger partial charge in [0.05, 0.1) is 6.20 Å². The van der Waals surface area contributed by atoms with Crippen LogP contribution in [-0.4, -0.2) is 4.98 Å². The SMILES string of the molecule is CCCCCc1cc[c]nc1. The van der Waals surface area contributed by atoms with Crippen LogP contribution in [0.15, 0.2) is 18.3 Å². The number of nitrogens with zero attached hydrogens (tertiary/aromatic N) is 1. The van der Waals surface area contributed by atoms with E-state index in [0.29, 0.717) is 0 Å². The van der Waals surface area contributed by atoms with Gasteiger partial charge in [-0.05, 0) is 24.5 Å². The largest absolute Gasteiger partial charge is 0.254 e. The number of aryl methyl sites for hydroxylation is 1. The first-order valence-corrected chi connectivity index (χ1v) is 4.24. The minimum absolute atomic E-state index is 1.16. The van der Waals surface area contributed by atoms with E-state index in [0.717, 1.165) is 6.42 Å². The number of aromatic nitrogens is 1. The normalized spacial score (nSPS) is 9.91. The maximum atomic E-state index is 3.94. The van der Waals surface area contributed by atoms with Crippen LogP contribution in [0.4, 0.5) is 0 Å². The average Bonchev–Trinajstić information content (AvgIpc) is 2.07. The molecule has 1 heterocycles. The summed E-state index contributed by atoms with van der Waals surface area (Å²) in [6, 6.07) is 3.96. The molecule has 1 aromatic rings. The Morgan fingerprint density at radius 3 is 3.00 bits per heavy atom. The first-order valence-electron chi connectivity index (χ1n) is 4.24. The van der Waals surface area contributed by atoms with E-state index in [1.165, 1.54) is 24.8 Å². The van der Waals surface area contributed by atoms with Crippen LogP contribution in [0.5, 0.6) is 0 Å². The summed E-state index contributed by atoms with van der Waals surface area (Å²) < 4.78 is 0. The fraction of sp³-hybridized carbons (Fsp3) is 0.500. The van der Waals surface area contributed by atoms with Crippen LogP contribution < -0.4 is 0 Å². The molecule has 0 amide bonds. The molecule has 0 N–H and O–H groups in total. The van der Waals surface area contributed by atoms with Gasteiger partial charge in [-0.2, -0.15) is 0 Å². The van der Waals surface area contributed by atoms with Crippen LogP contribution in [-0.2, 0) is 6.42 Å². The van der Waals surface area contributed by atoms with E-state index in [-0.39, 0.29) is 0 Å². The lowest BCUT2D eigenvalue weighted by Crippen LogP contribution is -1.85. The maximum Gasteiger partial charge on any atom is 0.0886 e.